The van der Waals surface area contributed by atoms with Gasteiger partial charge in [0.2, 0.25) is 0 Å². The van der Waals surface area contributed by atoms with Crippen LogP contribution in [-0.4, -0.2) is 21.9 Å². The largest absolute Gasteiger partial charge is 0.393 e. The molecule has 2 heteroatoms. The third-order valence-electron chi connectivity index (χ3n) is 10.3. The van der Waals surface area contributed by atoms with Gasteiger partial charge >= 0.3 is 0 Å². The Balaban J connectivity index is 1.53. The molecule has 2 nitrogen and oxygen atoms in total. The highest BCUT2D eigenvalue weighted by atomic mass is 16.3. The second-order valence-electron chi connectivity index (χ2n) is 12.5. The van der Waals surface area contributed by atoms with Crippen molar-refractivity contribution < 1.29 is 10.2 Å². The number of hydrogen-bond acceptors (Lipinski definition) is 2. The topological polar surface area (TPSA) is 40.5 Å². The van der Waals surface area contributed by atoms with E-state index >= 15 is 0 Å². The van der Waals surface area contributed by atoms with Crippen molar-refractivity contribution in [3.63, 3.8) is 0 Å². The lowest BCUT2D eigenvalue weighted by Gasteiger charge is -2.59. The summed E-state index contributed by atoms with van der Waals surface area (Å²) in [6, 6.07) is 0. The van der Waals surface area contributed by atoms with Crippen molar-refractivity contribution in [2.24, 2.45) is 40.4 Å². The average molecular weight is 403 g/mol. The van der Waals surface area contributed by atoms with E-state index in [4.69, 9.17) is 0 Å². The zero-order valence-electron chi connectivity index (χ0n) is 19.7. The number of rotatable bonds is 5. The highest BCUT2D eigenvalue weighted by Crippen LogP contribution is 2.67. The van der Waals surface area contributed by atoms with Gasteiger partial charge in [-0.25, -0.2) is 0 Å². The molecule has 0 aromatic rings. The first-order valence-electron chi connectivity index (χ1n) is 12.7. The van der Waals surface area contributed by atoms with E-state index in [1.54, 1.807) is 5.57 Å². The average Bonchev–Trinajstić information content (AvgIpc) is 3.00. The highest BCUT2D eigenvalue weighted by molar-refractivity contribution is 5.25. The van der Waals surface area contributed by atoms with Crippen molar-refractivity contribution in [3.05, 3.63) is 11.6 Å². The van der Waals surface area contributed by atoms with E-state index in [9.17, 15) is 10.2 Å². The highest BCUT2D eigenvalue weighted by Gasteiger charge is 2.61. The normalized spacial score (nSPS) is 46.5. The predicted octanol–water partition coefficient (Wildman–Crippen LogP) is 6.50. The van der Waals surface area contributed by atoms with Crippen LogP contribution in [0.5, 0.6) is 0 Å². The summed E-state index contributed by atoms with van der Waals surface area (Å²) in [4.78, 5) is 0. The van der Waals surface area contributed by atoms with E-state index in [2.05, 4.69) is 40.7 Å². The SMILES string of the molecule is CC(C)CCC[C@](C)(O)[C@H]1CC[C@H]2[C@@H]3CC=C4C[C@@H](O)CC[C@]4(C)[C@H]3CC[C@@]21C. The van der Waals surface area contributed by atoms with Gasteiger partial charge in [0.25, 0.3) is 0 Å². The van der Waals surface area contributed by atoms with Gasteiger partial charge in [-0.15, -0.1) is 0 Å². The first-order chi connectivity index (χ1) is 13.6. The quantitative estimate of drug-likeness (QED) is 0.515. The van der Waals surface area contributed by atoms with Crippen LogP contribution >= 0.6 is 0 Å². The smallest absolute Gasteiger partial charge is 0.0653 e. The molecule has 0 heterocycles. The summed E-state index contributed by atoms with van der Waals surface area (Å²) < 4.78 is 0. The lowest BCUT2D eigenvalue weighted by Crippen LogP contribution is -2.53. The summed E-state index contributed by atoms with van der Waals surface area (Å²) in [5.74, 6) is 3.53. The van der Waals surface area contributed by atoms with Gasteiger partial charge in [0.15, 0.2) is 0 Å². The second-order valence-corrected chi connectivity index (χ2v) is 12.5. The molecule has 0 amide bonds. The molecular weight excluding hydrogens is 356 g/mol. The lowest BCUT2D eigenvalue weighted by molar-refractivity contribution is -0.105. The van der Waals surface area contributed by atoms with Crippen LogP contribution in [0, 0.1) is 40.4 Å². The van der Waals surface area contributed by atoms with E-state index in [0.717, 1.165) is 49.4 Å². The molecule has 0 unspecified atom stereocenters. The Hall–Kier alpha value is -0.340. The molecule has 3 fully saturated rings. The Morgan fingerprint density at radius 1 is 1.10 bits per heavy atom. The molecule has 0 aromatic carbocycles. The maximum atomic E-state index is 11.6. The van der Waals surface area contributed by atoms with Crippen LogP contribution in [0.1, 0.15) is 105 Å². The van der Waals surface area contributed by atoms with Crippen LogP contribution in [0.3, 0.4) is 0 Å². The second kappa shape index (κ2) is 7.66. The fourth-order valence-corrected chi connectivity index (χ4v) is 8.71. The molecule has 0 aliphatic heterocycles. The molecular formula is C27H46O2. The lowest BCUT2D eigenvalue weighted by atomic mass is 9.46. The summed E-state index contributed by atoms with van der Waals surface area (Å²) in [6.07, 6.45) is 15.2. The third kappa shape index (κ3) is 3.65. The molecule has 4 aliphatic rings. The molecule has 0 aromatic heterocycles. The van der Waals surface area contributed by atoms with Gasteiger partial charge in [-0.1, -0.05) is 52.2 Å². The molecule has 0 spiro atoms. The molecule has 4 rings (SSSR count). The number of allylic oxidation sites excluding steroid dienone is 1. The zero-order chi connectivity index (χ0) is 21.0. The van der Waals surface area contributed by atoms with Crippen LogP contribution in [0.4, 0.5) is 0 Å². The van der Waals surface area contributed by atoms with Crippen LogP contribution < -0.4 is 0 Å². The monoisotopic (exact) mass is 402 g/mol. The van der Waals surface area contributed by atoms with Crippen molar-refractivity contribution in [2.45, 2.75) is 117 Å². The van der Waals surface area contributed by atoms with Crippen molar-refractivity contribution in [1.29, 1.82) is 0 Å². The van der Waals surface area contributed by atoms with E-state index < -0.39 is 5.60 Å². The first kappa shape index (κ1) is 21.9. The Morgan fingerprint density at radius 2 is 1.86 bits per heavy atom. The maximum absolute atomic E-state index is 11.6. The minimum Gasteiger partial charge on any atom is -0.393 e. The Morgan fingerprint density at radius 3 is 2.59 bits per heavy atom. The Kier molecular flexibility index (Phi) is 5.78. The summed E-state index contributed by atoms with van der Waals surface area (Å²) in [5.41, 5.74) is 1.68. The Labute approximate surface area is 179 Å². The third-order valence-corrected chi connectivity index (χ3v) is 10.3. The van der Waals surface area contributed by atoms with E-state index in [0.29, 0.717) is 16.7 Å². The van der Waals surface area contributed by atoms with Crippen LogP contribution in [0.2, 0.25) is 0 Å². The minimum absolute atomic E-state index is 0.114. The fraction of sp³-hybridized carbons (Fsp3) is 0.926. The molecule has 29 heavy (non-hydrogen) atoms. The molecule has 0 bridgehead atoms. The van der Waals surface area contributed by atoms with E-state index in [1.165, 1.54) is 44.9 Å². The summed E-state index contributed by atoms with van der Waals surface area (Å²) in [5, 5.41) is 21.8. The minimum atomic E-state index is -0.514. The zero-order valence-corrected chi connectivity index (χ0v) is 19.7. The van der Waals surface area contributed by atoms with Crippen molar-refractivity contribution in [1.82, 2.24) is 0 Å². The first-order valence-corrected chi connectivity index (χ1v) is 12.7. The Bertz CT molecular complexity index is 634. The van der Waals surface area contributed by atoms with Crippen LogP contribution in [0.25, 0.3) is 0 Å². The van der Waals surface area contributed by atoms with Gasteiger partial charge in [0.1, 0.15) is 0 Å². The van der Waals surface area contributed by atoms with Gasteiger partial charge < -0.3 is 10.2 Å². The molecule has 0 radical (unpaired) electrons. The van der Waals surface area contributed by atoms with E-state index in [-0.39, 0.29) is 6.10 Å². The van der Waals surface area contributed by atoms with Crippen molar-refractivity contribution >= 4 is 0 Å². The van der Waals surface area contributed by atoms with E-state index in [1.807, 2.05) is 0 Å². The number of aliphatic hydroxyl groups is 2. The van der Waals surface area contributed by atoms with Crippen LogP contribution in [0.15, 0.2) is 11.6 Å². The van der Waals surface area contributed by atoms with Crippen LogP contribution in [-0.2, 0) is 0 Å². The molecule has 2 N–H and O–H groups in total. The van der Waals surface area contributed by atoms with Crippen molar-refractivity contribution in [3.8, 4) is 0 Å². The fourth-order valence-electron chi connectivity index (χ4n) is 8.71. The summed E-state index contributed by atoms with van der Waals surface area (Å²) in [6.45, 7) is 11.8. The van der Waals surface area contributed by atoms with Gasteiger partial charge in [-0.2, -0.15) is 0 Å². The number of fused-ring (bicyclic) bond motifs is 5. The molecule has 166 valence electrons. The van der Waals surface area contributed by atoms with Crippen molar-refractivity contribution in [2.75, 3.05) is 0 Å². The van der Waals surface area contributed by atoms with Gasteiger partial charge in [-0.05, 0) is 105 Å². The summed E-state index contributed by atoms with van der Waals surface area (Å²) in [7, 11) is 0. The maximum Gasteiger partial charge on any atom is 0.0653 e. The van der Waals surface area contributed by atoms with Gasteiger partial charge in [-0.3, -0.25) is 0 Å². The molecule has 0 saturated heterocycles. The molecule has 4 aliphatic carbocycles. The van der Waals surface area contributed by atoms with Gasteiger partial charge in [0.05, 0.1) is 11.7 Å². The molecule has 3 saturated carbocycles. The number of hydrogen-bond donors (Lipinski definition) is 2. The standard InChI is InChI=1S/C27H46O2/c1-18(2)7-6-14-27(5,29)24-11-10-22-21-9-8-19-17-20(28)12-15-25(19,3)23(21)13-16-26(22,24)4/h8,18,20-24,28-29H,6-7,9-17H2,1-5H3/t20-,21-,22-,23-,24-,25-,26-,27-/m0/s1. The predicted molar refractivity (Wildman–Crippen MR) is 121 cm³/mol. The number of aliphatic hydroxyl groups excluding tert-OH is 1. The summed E-state index contributed by atoms with van der Waals surface area (Å²) >= 11 is 0. The molecule has 8 atom stereocenters. The van der Waals surface area contributed by atoms with Gasteiger partial charge in [0, 0.05) is 0 Å².